The van der Waals surface area contributed by atoms with Gasteiger partial charge in [0, 0.05) is 16.8 Å². The molecule has 0 spiro atoms. The molecule has 7 nitrogen and oxygen atoms in total. The smallest absolute Gasteiger partial charge is 0.241 e. The summed E-state index contributed by atoms with van der Waals surface area (Å²) in [6.45, 7) is 1.74. The van der Waals surface area contributed by atoms with E-state index >= 15 is 0 Å². The molecule has 150 valence electrons. The minimum absolute atomic E-state index is 0.0162. The normalized spacial score (nSPS) is 11.6. The van der Waals surface area contributed by atoms with Crippen LogP contribution in [0.1, 0.15) is 6.92 Å². The summed E-state index contributed by atoms with van der Waals surface area (Å²) in [5, 5.41) is 6.05. The van der Waals surface area contributed by atoms with E-state index in [-0.39, 0.29) is 18.4 Å². The highest BCUT2D eigenvalue weighted by Gasteiger charge is 2.21. The van der Waals surface area contributed by atoms with Gasteiger partial charge in [-0.1, -0.05) is 17.7 Å². The molecule has 0 aromatic heterocycles. The first-order valence-electron chi connectivity index (χ1n) is 8.62. The molecule has 2 aromatic rings. The van der Waals surface area contributed by atoms with E-state index in [4.69, 9.17) is 21.1 Å². The van der Waals surface area contributed by atoms with Crippen molar-refractivity contribution in [2.24, 2.45) is 0 Å². The quantitative estimate of drug-likeness (QED) is 0.704. The van der Waals surface area contributed by atoms with Gasteiger partial charge in [-0.3, -0.25) is 14.5 Å². The Morgan fingerprint density at radius 1 is 1.11 bits per heavy atom. The number of ether oxygens (including phenoxy) is 2. The van der Waals surface area contributed by atoms with E-state index in [1.807, 2.05) is 0 Å². The fourth-order valence-electron chi connectivity index (χ4n) is 2.48. The molecule has 0 bridgehead atoms. The highest BCUT2D eigenvalue weighted by atomic mass is 35.5. The van der Waals surface area contributed by atoms with Crippen LogP contribution in [0.2, 0.25) is 5.02 Å². The molecule has 0 saturated heterocycles. The van der Waals surface area contributed by atoms with Crippen LogP contribution in [0.5, 0.6) is 11.5 Å². The lowest BCUT2D eigenvalue weighted by molar-refractivity contribution is -0.122. The van der Waals surface area contributed by atoms with Crippen LogP contribution < -0.4 is 20.1 Å². The third kappa shape index (κ3) is 5.87. The summed E-state index contributed by atoms with van der Waals surface area (Å²) in [6, 6.07) is 11.5. The molecule has 0 fully saturated rings. The molecule has 0 aliphatic carbocycles. The van der Waals surface area contributed by atoms with Crippen LogP contribution in [-0.4, -0.2) is 50.6 Å². The third-order valence-corrected chi connectivity index (χ3v) is 4.44. The van der Waals surface area contributed by atoms with E-state index in [0.29, 0.717) is 27.9 Å². The topological polar surface area (TPSA) is 79.9 Å². The molecule has 2 amide bonds. The van der Waals surface area contributed by atoms with E-state index in [2.05, 4.69) is 10.6 Å². The summed E-state index contributed by atoms with van der Waals surface area (Å²) in [4.78, 5) is 26.5. The van der Waals surface area contributed by atoms with Gasteiger partial charge in [-0.15, -0.1) is 0 Å². The van der Waals surface area contributed by atoms with Gasteiger partial charge in [-0.2, -0.15) is 0 Å². The Hall–Kier alpha value is -2.77. The number of nitrogens with zero attached hydrogens (tertiary/aromatic N) is 1. The number of hydrogen-bond donors (Lipinski definition) is 2. The molecule has 0 radical (unpaired) electrons. The highest BCUT2D eigenvalue weighted by molar-refractivity contribution is 6.31. The average Bonchev–Trinajstić information content (AvgIpc) is 2.67. The predicted octanol–water partition coefficient (Wildman–Crippen LogP) is 3.25. The fraction of sp³-hybridized carbons (Fsp3) is 0.300. The Balaban J connectivity index is 1.95. The lowest BCUT2D eigenvalue weighted by atomic mass is 10.2. The molecule has 0 aliphatic rings. The molecular weight excluding hydrogens is 382 g/mol. The maximum Gasteiger partial charge on any atom is 0.241 e. The number of nitrogens with one attached hydrogen (secondary N) is 2. The molecule has 1 atom stereocenters. The molecule has 8 heteroatoms. The Morgan fingerprint density at radius 3 is 2.54 bits per heavy atom. The Kier molecular flexibility index (Phi) is 7.66. The Labute approximate surface area is 169 Å². The molecule has 2 rings (SSSR count). The molecule has 0 heterocycles. The number of methoxy groups -OCH3 is 2. The number of carbonyl (C=O) groups is 2. The van der Waals surface area contributed by atoms with Crippen LogP contribution in [-0.2, 0) is 9.59 Å². The van der Waals surface area contributed by atoms with E-state index in [0.717, 1.165) is 0 Å². The third-order valence-electron chi connectivity index (χ3n) is 4.21. The van der Waals surface area contributed by atoms with Crippen LogP contribution in [0.3, 0.4) is 0 Å². The van der Waals surface area contributed by atoms with E-state index in [9.17, 15) is 9.59 Å². The van der Waals surface area contributed by atoms with Crippen molar-refractivity contribution in [3.05, 3.63) is 47.5 Å². The second-order valence-corrected chi connectivity index (χ2v) is 6.64. The van der Waals surface area contributed by atoms with Gasteiger partial charge in [0.15, 0.2) is 0 Å². The molecule has 2 aromatic carbocycles. The van der Waals surface area contributed by atoms with E-state index in [1.54, 1.807) is 68.4 Å². The maximum atomic E-state index is 12.5. The predicted molar refractivity (Wildman–Crippen MR) is 110 cm³/mol. The Morgan fingerprint density at radius 2 is 1.86 bits per heavy atom. The summed E-state index contributed by atoms with van der Waals surface area (Å²) < 4.78 is 10.4. The number of amides is 2. The van der Waals surface area contributed by atoms with Crippen molar-refractivity contribution in [1.29, 1.82) is 0 Å². The van der Waals surface area contributed by atoms with Gasteiger partial charge >= 0.3 is 0 Å². The second-order valence-electron chi connectivity index (χ2n) is 6.21. The van der Waals surface area contributed by atoms with Crippen molar-refractivity contribution >= 4 is 34.8 Å². The van der Waals surface area contributed by atoms with Crippen molar-refractivity contribution in [3.63, 3.8) is 0 Å². The summed E-state index contributed by atoms with van der Waals surface area (Å²) in [7, 11) is 4.77. The lowest BCUT2D eigenvalue weighted by Crippen LogP contribution is -2.43. The summed E-state index contributed by atoms with van der Waals surface area (Å²) in [5.41, 5.74) is 1.10. The number of likely N-dealkylation sites (N-methyl/N-ethyl adjacent to an activating group) is 1. The van der Waals surface area contributed by atoms with Crippen LogP contribution in [0, 0.1) is 0 Å². The summed E-state index contributed by atoms with van der Waals surface area (Å²) >= 11 is 5.97. The van der Waals surface area contributed by atoms with Gasteiger partial charge in [0.25, 0.3) is 0 Å². The van der Waals surface area contributed by atoms with Gasteiger partial charge in [-0.05, 0) is 44.3 Å². The zero-order valence-electron chi connectivity index (χ0n) is 16.3. The minimum Gasteiger partial charge on any atom is -0.497 e. The molecule has 2 N–H and O–H groups in total. The van der Waals surface area contributed by atoms with Gasteiger partial charge < -0.3 is 20.1 Å². The van der Waals surface area contributed by atoms with Crippen molar-refractivity contribution in [1.82, 2.24) is 4.90 Å². The number of hydrogen-bond acceptors (Lipinski definition) is 5. The molecule has 0 aliphatic heterocycles. The van der Waals surface area contributed by atoms with Crippen LogP contribution >= 0.6 is 11.6 Å². The van der Waals surface area contributed by atoms with Crippen LogP contribution in [0.15, 0.2) is 42.5 Å². The van der Waals surface area contributed by atoms with Crippen molar-refractivity contribution in [2.45, 2.75) is 13.0 Å². The maximum absolute atomic E-state index is 12.5. The SMILES string of the molecule is COc1cccc(NC(=O)C(C)N(C)CC(=O)Nc2cc(Cl)ccc2OC)c1. The van der Waals surface area contributed by atoms with Crippen LogP contribution in [0.25, 0.3) is 0 Å². The van der Waals surface area contributed by atoms with Crippen molar-refractivity contribution in [3.8, 4) is 11.5 Å². The van der Waals surface area contributed by atoms with E-state index in [1.165, 1.54) is 7.11 Å². The van der Waals surface area contributed by atoms with Gasteiger partial charge in [0.1, 0.15) is 11.5 Å². The zero-order valence-corrected chi connectivity index (χ0v) is 17.0. The largest absolute Gasteiger partial charge is 0.497 e. The first-order valence-corrected chi connectivity index (χ1v) is 9.00. The summed E-state index contributed by atoms with van der Waals surface area (Å²) in [6.07, 6.45) is 0. The number of halogens is 1. The van der Waals surface area contributed by atoms with Gasteiger partial charge in [0.2, 0.25) is 11.8 Å². The van der Waals surface area contributed by atoms with Crippen molar-refractivity contribution in [2.75, 3.05) is 38.4 Å². The highest BCUT2D eigenvalue weighted by Crippen LogP contribution is 2.27. The van der Waals surface area contributed by atoms with Gasteiger partial charge in [-0.25, -0.2) is 0 Å². The number of rotatable bonds is 8. The fourth-order valence-corrected chi connectivity index (χ4v) is 2.65. The molecule has 1 unspecified atom stereocenters. The lowest BCUT2D eigenvalue weighted by Gasteiger charge is -2.23. The summed E-state index contributed by atoms with van der Waals surface area (Å²) in [5.74, 6) is 0.630. The van der Waals surface area contributed by atoms with Crippen molar-refractivity contribution < 1.29 is 19.1 Å². The number of carbonyl (C=O) groups excluding carboxylic acids is 2. The first-order chi connectivity index (χ1) is 13.3. The molecule has 28 heavy (non-hydrogen) atoms. The monoisotopic (exact) mass is 405 g/mol. The standard InChI is InChI=1S/C20H24ClN3O4/c1-13(20(26)22-15-6-5-7-16(11-15)27-3)24(2)12-19(25)23-17-10-14(21)8-9-18(17)28-4/h5-11,13H,12H2,1-4H3,(H,22,26)(H,23,25). The number of anilines is 2. The Bertz CT molecular complexity index is 844. The number of benzene rings is 2. The average molecular weight is 406 g/mol. The van der Waals surface area contributed by atoms with Gasteiger partial charge in [0.05, 0.1) is 32.5 Å². The zero-order chi connectivity index (χ0) is 20.7. The van der Waals surface area contributed by atoms with E-state index < -0.39 is 6.04 Å². The molecular formula is C20H24ClN3O4. The first kappa shape index (κ1) is 21.5. The minimum atomic E-state index is -0.529. The second kappa shape index (κ2) is 9.96. The molecule has 0 saturated carbocycles. The van der Waals surface area contributed by atoms with Crippen LogP contribution in [0.4, 0.5) is 11.4 Å².